The van der Waals surface area contributed by atoms with Gasteiger partial charge in [0.1, 0.15) is 5.56 Å². The lowest BCUT2D eigenvalue weighted by atomic mass is 10.1. The molecule has 1 aromatic carbocycles. The normalized spacial score (nSPS) is 11.9. The Morgan fingerprint density at radius 2 is 1.95 bits per heavy atom. The number of benzene rings is 1. The van der Waals surface area contributed by atoms with Crippen LogP contribution in [0.25, 0.3) is 0 Å². The fourth-order valence-corrected chi connectivity index (χ4v) is 1.90. The number of aromatic nitrogens is 2. The average molecular weight is 289 g/mol. The van der Waals surface area contributed by atoms with Crippen LogP contribution in [0.1, 0.15) is 15.9 Å². The van der Waals surface area contributed by atoms with Gasteiger partial charge in [-0.2, -0.15) is 0 Å². The number of hydrogen-bond donors (Lipinski definition) is 4. The number of aliphatic hydroxyl groups excluding tert-OH is 1. The number of rotatable bonds is 5. The van der Waals surface area contributed by atoms with Crippen LogP contribution in [0.15, 0.2) is 46.1 Å². The van der Waals surface area contributed by atoms with Crippen molar-refractivity contribution in [3.63, 3.8) is 0 Å². The van der Waals surface area contributed by atoms with Crippen molar-refractivity contribution in [1.82, 2.24) is 15.3 Å². The number of H-pyrrole nitrogens is 2. The van der Waals surface area contributed by atoms with Crippen molar-refractivity contribution in [1.29, 1.82) is 0 Å². The van der Waals surface area contributed by atoms with E-state index in [1.165, 1.54) is 0 Å². The molecule has 1 heterocycles. The van der Waals surface area contributed by atoms with Crippen LogP contribution in [-0.4, -0.2) is 33.6 Å². The number of carbonyl (C=O) groups is 1. The second kappa shape index (κ2) is 6.67. The molecular formula is C14H15N3O4. The van der Waals surface area contributed by atoms with Gasteiger partial charge in [0.25, 0.3) is 11.5 Å². The molecule has 0 bridgehead atoms. The molecule has 0 saturated heterocycles. The Hall–Kier alpha value is -2.67. The Morgan fingerprint density at radius 1 is 1.24 bits per heavy atom. The predicted octanol–water partition coefficient (Wildman–Crippen LogP) is -0.603. The Labute approximate surface area is 119 Å². The number of aliphatic hydroxyl groups is 1. The predicted molar refractivity (Wildman–Crippen MR) is 76.2 cm³/mol. The van der Waals surface area contributed by atoms with Crippen molar-refractivity contribution >= 4 is 5.91 Å². The highest BCUT2D eigenvalue weighted by atomic mass is 16.3. The summed E-state index contributed by atoms with van der Waals surface area (Å²) >= 11 is 0. The molecule has 2 rings (SSSR count). The first-order valence-electron chi connectivity index (χ1n) is 6.38. The highest BCUT2D eigenvalue weighted by Gasteiger charge is 2.16. The van der Waals surface area contributed by atoms with Crippen LogP contribution in [-0.2, 0) is 6.42 Å². The standard InChI is InChI=1S/C14H15N3O4/c18-8-10(6-9-4-2-1-3-5-9)16-12(19)11-7-15-14(21)17-13(11)20/h1-5,7,10,18H,6,8H2,(H,16,19)(H2,15,17,20,21). The zero-order valence-electron chi connectivity index (χ0n) is 11.1. The molecule has 0 saturated carbocycles. The van der Waals surface area contributed by atoms with Crippen molar-refractivity contribution in [2.24, 2.45) is 0 Å². The molecular weight excluding hydrogens is 274 g/mol. The number of carbonyl (C=O) groups excluding carboxylic acids is 1. The molecule has 2 aromatic rings. The maximum absolute atomic E-state index is 12.0. The first kappa shape index (κ1) is 14.7. The van der Waals surface area contributed by atoms with Gasteiger partial charge in [-0.1, -0.05) is 30.3 Å². The minimum Gasteiger partial charge on any atom is -0.394 e. The lowest BCUT2D eigenvalue weighted by molar-refractivity contribution is 0.0914. The molecule has 1 aromatic heterocycles. The van der Waals surface area contributed by atoms with Crippen molar-refractivity contribution in [3.05, 3.63) is 68.5 Å². The van der Waals surface area contributed by atoms with Crippen LogP contribution in [0.4, 0.5) is 0 Å². The van der Waals surface area contributed by atoms with E-state index in [2.05, 4.69) is 10.3 Å². The van der Waals surface area contributed by atoms with Crippen molar-refractivity contribution < 1.29 is 9.90 Å². The summed E-state index contributed by atoms with van der Waals surface area (Å²) in [5.41, 5.74) is -0.708. The van der Waals surface area contributed by atoms with Gasteiger partial charge in [-0.15, -0.1) is 0 Å². The summed E-state index contributed by atoms with van der Waals surface area (Å²) in [4.78, 5) is 38.6. The molecule has 1 atom stereocenters. The van der Waals surface area contributed by atoms with Gasteiger partial charge in [-0.3, -0.25) is 14.6 Å². The summed E-state index contributed by atoms with van der Waals surface area (Å²) in [6, 6.07) is 8.82. The van der Waals surface area contributed by atoms with E-state index in [4.69, 9.17) is 0 Å². The van der Waals surface area contributed by atoms with E-state index in [0.717, 1.165) is 11.8 Å². The van der Waals surface area contributed by atoms with Gasteiger partial charge >= 0.3 is 5.69 Å². The molecule has 0 aliphatic rings. The first-order valence-corrected chi connectivity index (χ1v) is 6.38. The second-order valence-electron chi connectivity index (χ2n) is 4.53. The molecule has 4 N–H and O–H groups in total. The van der Waals surface area contributed by atoms with Crippen LogP contribution in [0.5, 0.6) is 0 Å². The minimum atomic E-state index is -0.771. The maximum Gasteiger partial charge on any atom is 0.325 e. The molecule has 7 heteroatoms. The average Bonchev–Trinajstić information content (AvgIpc) is 2.47. The van der Waals surface area contributed by atoms with E-state index >= 15 is 0 Å². The molecule has 1 unspecified atom stereocenters. The van der Waals surface area contributed by atoms with Crippen LogP contribution in [0.3, 0.4) is 0 Å². The number of aromatic amines is 2. The van der Waals surface area contributed by atoms with Gasteiger partial charge < -0.3 is 15.4 Å². The molecule has 21 heavy (non-hydrogen) atoms. The second-order valence-corrected chi connectivity index (χ2v) is 4.53. The molecule has 1 amide bonds. The van der Waals surface area contributed by atoms with Gasteiger partial charge in [-0.25, -0.2) is 4.79 Å². The fourth-order valence-electron chi connectivity index (χ4n) is 1.90. The summed E-state index contributed by atoms with van der Waals surface area (Å²) in [6.07, 6.45) is 1.48. The summed E-state index contributed by atoms with van der Waals surface area (Å²) in [5.74, 6) is -0.650. The smallest absolute Gasteiger partial charge is 0.325 e. The molecule has 7 nitrogen and oxygen atoms in total. The summed E-state index contributed by atoms with van der Waals surface area (Å²) < 4.78 is 0. The Morgan fingerprint density at radius 3 is 2.57 bits per heavy atom. The van der Waals surface area contributed by atoms with Gasteiger partial charge in [0.15, 0.2) is 0 Å². The molecule has 0 spiro atoms. The van der Waals surface area contributed by atoms with E-state index < -0.39 is 23.2 Å². The maximum atomic E-state index is 12.0. The molecule has 110 valence electrons. The number of amides is 1. The first-order chi connectivity index (χ1) is 10.1. The third kappa shape index (κ3) is 3.90. The van der Waals surface area contributed by atoms with Crippen LogP contribution >= 0.6 is 0 Å². The highest BCUT2D eigenvalue weighted by Crippen LogP contribution is 2.03. The quantitative estimate of drug-likeness (QED) is 0.588. The highest BCUT2D eigenvalue weighted by molar-refractivity contribution is 5.93. The molecule has 0 fully saturated rings. The van der Waals surface area contributed by atoms with Crippen LogP contribution in [0, 0.1) is 0 Å². The zero-order chi connectivity index (χ0) is 15.2. The van der Waals surface area contributed by atoms with Crippen LogP contribution in [0.2, 0.25) is 0 Å². The van der Waals surface area contributed by atoms with Gasteiger partial charge in [-0.05, 0) is 12.0 Å². The number of nitrogens with one attached hydrogen (secondary N) is 3. The Kier molecular flexibility index (Phi) is 4.68. The largest absolute Gasteiger partial charge is 0.394 e. The van der Waals surface area contributed by atoms with E-state index in [0.29, 0.717) is 6.42 Å². The third-order valence-electron chi connectivity index (χ3n) is 2.94. The SMILES string of the molecule is O=C(NC(CO)Cc1ccccc1)c1c[nH]c(=O)[nH]c1=O. The summed E-state index contributed by atoms with van der Waals surface area (Å²) in [7, 11) is 0. The molecule has 0 radical (unpaired) electrons. The van der Waals surface area contributed by atoms with Gasteiger partial charge in [0.2, 0.25) is 0 Å². The van der Waals surface area contributed by atoms with Crippen molar-refractivity contribution in [3.8, 4) is 0 Å². The number of hydrogen-bond acceptors (Lipinski definition) is 4. The van der Waals surface area contributed by atoms with Crippen LogP contribution < -0.4 is 16.6 Å². The van der Waals surface area contributed by atoms with Crippen molar-refractivity contribution in [2.45, 2.75) is 12.5 Å². The minimum absolute atomic E-state index is 0.207. The lowest BCUT2D eigenvalue weighted by Crippen LogP contribution is -2.42. The molecule has 0 aliphatic heterocycles. The zero-order valence-corrected chi connectivity index (χ0v) is 11.1. The molecule has 0 aliphatic carbocycles. The Balaban J connectivity index is 2.09. The van der Waals surface area contributed by atoms with E-state index in [9.17, 15) is 19.5 Å². The van der Waals surface area contributed by atoms with Gasteiger partial charge in [0.05, 0.1) is 12.6 Å². The Bertz CT molecular complexity index is 721. The monoisotopic (exact) mass is 289 g/mol. The fraction of sp³-hybridized carbons (Fsp3) is 0.214. The summed E-state index contributed by atoms with van der Waals surface area (Å²) in [6.45, 7) is -0.262. The van der Waals surface area contributed by atoms with Crippen molar-refractivity contribution in [2.75, 3.05) is 6.61 Å². The van der Waals surface area contributed by atoms with E-state index in [-0.39, 0.29) is 12.2 Å². The lowest BCUT2D eigenvalue weighted by Gasteiger charge is -2.16. The van der Waals surface area contributed by atoms with E-state index in [1.807, 2.05) is 35.3 Å². The van der Waals surface area contributed by atoms with E-state index in [1.54, 1.807) is 0 Å². The van der Waals surface area contributed by atoms with Gasteiger partial charge in [0, 0.05) is 6.20 Å². The third-order valence-corrected chi connectivity index (χ3v) is 2.94. The summed E-state index contributed by atoms with van der Waals surface area (Å²) in [5, 5.41) is 11.9. The topological polar surface area (TPSA) is 115 Å².